The van der Waals surface area contributed by atoms with Crippen molar-refractivity contribution >= 4 is 22.7 Å². The van der Waals surface area contributed by atoms with Gasteiger partial charge in [-0.1, -0.05) is 18.2 Å². The molecular formula is C17H20N6O4. The molecule has 0 bridgehead atoms. The van der Waals surface area contributed by atoms with Gasteiger partial charge in [0.05, 0.1) is 12.9 Å². The van der Waals surface area contributed by atoms with Crippen LogP contribution < -0.4 is 11.1 Å². The summed E-state index contributed by atoms with van der Waals surface area (Å²) in [6, 6.07) is 7.51. The summed E-state index contributed by atoms with van der Waals surface area (Å²) in [5, 5.41) is 32.6. The van der Waals surface area contributed by atoms with E-state index in [1.807, 2.05) is 24.3 Å². The number of hydrogen-bond acceptors (Lipinski definition) is 9. The summed E-state index contributed by atoms with van der Waals surface area (Å²) in [4.78, 5) is 12.8. The first kappa shape index (κ1) is 17.6. The summed E-state index contributed by atoms with van der Waals surface area (Å²) >= 11 is 0. The van der Waals surface area contributed by atoms with Crippen molar-refractivity contribution in [3.63, 3.8) is 0 Å². The number of nitrogens with zero attached hydrogens (tertiary/aromatic N) is 4. The molecule has 0 spiro atoms. The predicted octanol–water partition coefficient (Wildman–Crippen LogP) is -0.368. The Bertz CT molecular complexity index is 948. The molecule has 27 heavy (non-hydrogen) atoms. The van der Waals surface area contributed by atoms with Crippen molar-refractivity contribution < 1.29 is 20.1 Å². The van der Waals surface area contributed by atoms with Gasteiger partial charge in [0.1, 0.15) is 24.6 Å². The lowest BCUT2D eigenvalue weighted by Crippen LogP contribution is -2.33. The molecule has 3 heterocycles. The summed E-state index contributed by atoms with van der Waals surface area (Å²) in [6.45, 7) is 0.0567. The van der Waals surface area contributed by atoms with Crippen LogP contribution in [-0.4, -0.2) is 59.8 Å². The minimum atomic E-state index is -1.21. The normalized spacial score (nSPS) is 25.1. The van der Waals surface area contributed by atoms with Crippen LogP contribution in [0.15, 0.2) is 36.9 Å². The first-order chi connectivity index (χ1) is 13.1. The summed E-state index contributed by atoms with van der Waals surface area (Å²) in [6.07, 6.45) is -1.36. The Hall–Kier alpha value is -2.79. The number of ether oxygens (including phenoxy) is 1. The molecule has 1 fully saturated rings. The fraction of sp³-hybridized carbons (Fsp3) is 0.353. The van der Waals surface area contributed by atoms with Gasteiger partial charge in [-0.2, -0.15) is 0 Å². The molecule has 6 N–H and O–H groups in total. The molecule has 1 aliphatic rings. The zero-order valence-corrected chi connectivity index (χ0v) is 14.3. The van der Waals surface area contributed by atoms with E-state index in [2.05, 4.69) is 20.3 Å². The smallest absolute Gasteiger partial charge is 0.167 e. The van der Waals surface area contributed by atoms with Gasteiger partial charge >= 0.3 is 0 Å². The number of anilines is 2. The first-order valence-electron chi connectivity index (χ1n) is 8.47. The molecule has 4 rings (SSSR count). The Kier molecular flexibility index (Phi) is 4.62. The van der Waals surface area contributed by atoms with Gasteiger partial charge in [0.15, 0.2) is 23.2 Å². The number of nitrogen functional groups attached to an aromatic ring is 1. The predicted molar refractivity (Wildman–Crippen MR) is 96.5 cm³/mol. The van der Waals surface area contributed by atoms with E-state index in [-0.39, 0.29) is 0 Å². The van der Waals surface area contributed by atoms with Crippen LogP contribution in [0.25, 0.3) is 11.2 Å². The van der Waals surface area contributed by atoms with Gasteiger partial charge in [0.25, 0.3) is 0 Å². The van der Waals surface area contributed by atoms with E-state index in [0.29, 0.717) is 29.2 Å². The monoisotopic (exact) mass is 372 g/mol. The molecule has 2 aromatic heterocycles. The maximum Gasteiger partial charge on any atom is 0.167 e. The van der Waals surface area contributed by atoms with Gasteiger partial charge in [0, 0.05) is 12.2 Å². The van der Waals surface area contributed by atoms with Gasteiger partial charge in [-0.25, -0.2) is 15.0 Å². The van der Waals surface area contributed by atoms with E-state index >= 15 is 0 Å². The van der Waals surface area contributed by atoms with Crippen molar-refractivity contribution in [3.8, 4) is 0 Å². The number of para-hydroxylation sites is 1. The maximum absolute atomic E-state index is 10.2. The standard InChI is InChI=1S/C17H20N6O4/c18-10-4-2-1-3-9(10)5-19-15-12-16(21-7-20-15)23(8-22-12)17-14(26)13(25)11(6-24)27-17/h1-4,7-8,11,13-14,17,24-26H,5-6,18H2,(H,19,20,21)/t11-,13-,14-,17?/m1/s1. The molecule has 4 atom stereocenters. The van der Waals surface area contributed by atoms with E-state index in [1.54, 1.807) is 0 Å². The summed E-state index contributed by atoms with van der Waals surface area (Å²) in [5.74, 6) is 0.508. The lowest BCUT2D eigenvalue weighted by molar-refractivity contribution is -0.0511. The molecule has 10 heteroatoms. The van der Waals surface area contributed by atoms with Crippen LogP contribution in [0.3, 0.4) is 0 Å². The second-order valence-electron chi connectivity index (χ2n) is 6.33. The van der Waals surface area contributed by atoms with Crippen LogP contribution in [0.2, 0.25) is 0 Å². The number of imidazole rings is 1. The Labute approximate surface area is 154 Å². The molecule has 0 aliphatic carbocycles. The van der Waals surface area contributed by atoms with Crippen molar-refractivity contribution in [2.24, 2.45) is 0 Å². The average molecular weight is 372 g/mol. The van der Waals surface area contributed by atoms with E-state index in [1.165, 1.54) is 17.2 Å². The molecule has 3 aromatic rings. The number of rotatable bonds is 5. The Morgan fingerprint density at radius 1 is 1.15 bits per heavy atom. The molecule has 1 unspecified atom stereocenters. The van der Waals surface area contributed by atoms with Gasteiger partial charge in [-0.05, 0) is 11.6 Å². The highest BCUT2D eigenvalue weighted by molar-refractivity contribution is 5.82. The zero-order chi connectivity index (χ0) is 19.0. The van der Waals surface area contributed by atoms with Gasteiger partial charge in [0.2, 0.25) is 0 Å². The fourth-order valence-corrected chi connectivity index (χ4v) is 3.15. The molecule has 1 aromatic carbocycles. The van der Waals surface area contributed by atoms with Crippen molar-refractivity contribution in [1.29, 1.82) is 0 Å². The first-order valence-corrected chi connectivity index (χ1v) is 8.47. The van der Waals surface area contributed by atoms with Crippen molar-refractivity contribution in [2.45, 2.75) is 31.1 Å². The SMILES string of the molecule is Nc1ccccc1CNc1ncnc2c1ncn2C1O[C@H](CO)[C@@H](O)[C@H]1O. The van der Waals surface area contributed by atoms with Crippen LogP contribution in [0, 0.1) is 0 Å². The maximum atomic E-state index is 10.2. The molecule has 142 valence electrons. The third-order valence-electron chi connectivity index (χ3n) is 4.65. The quantitative estimate of drug-likeness (QED) is 0.378. The highest BCUT2D eigenvalue weighted by atomic mass is 16.6. The number of nitrogens with two attached hydrogens (primary N) is 1. The largest absolute Gasteiger partial charge is 0.398 e. The van der Waals surface area contributed by atoms with Crippen LogP contribution in [0.4, 0.5) is 11.5 Å². The van der Waals surface area contributed by atoms with Crippen LogP contribution in [-0.2, 0) is 11.3 Å². The number of hydrogen-bond donors (Lipinski definition) is 5. The van der Waals surface area contributed by atoms with E-state index in [4.69, 9.17) is 10.5 Å². The molecule has 10 nitrogen and oxygen atoms in total. The summed E-state index contributed by atoms with van der Waals surface area (Å²) < 4.78 is 7.06. The van der Waals surface area contributed by atoms with Crippen molar-refractivity contribution in [3.05, 3.63) is 42.5 Å². The van der Waals surface area contributed by atoms with E-state index in [0.717, 1.165) is 5.56 Å². The highest BCUT2D eigenvalue weighted by Crippen LogP contribution is 2.32. The van der Waals surface area contributed by atoms with Crippen LogP contribution >= 0.6 is 0 Å². The summed E-state index contributed by atoms with van der Waals surface area (Å²) in [5.41, 5.74) is 8.48. The molecule has 0 saturated carbocycles. The Balaban J connectivity index is 1.61. The topological polar surface area (TPSA) is 152 Å². The molecular weight excluding hydrogens is 352 g/mol. The van der Waals surface area contributed by atoms with Crippen LogP contribution in [0.1, 0.15) is 11.8 Å². The second kappa shape index (κ2) is 7.08. The zero-order valence-electron chi connectivity index (χ0n) is 14.3. The van der Waals surface area contributed by atoms with Crippen molar-refractivity contribution in [2.75, 3.05) is 17.7 Å². The molecule has 0 amide bonds. The number of aromatic nitrogens is 4. The van der Waals surface area contributed by atoms with Crippen molar-refractivity contribution in [1.82, 2.24) is 19.5 Å². The highest BCUT2D eigenvalue weighted by Gasteiger charge is 2.44. The summed E-state index contributed by atoms with van der Waals surface area (Å²) in [7, 11) is 0. The minimum Gasteiger partial charge on any atom is -0.398 e. The third kappa shape index (κ3) is 3.08. The van der Waals surface area contributed by atoms with Crippen LogP contribution in [0.5, 0.6) is 0 Å². The molecule has 1 aliphatic heterocycles. The number of aliphatic hydroxyl groups is 3. The van der Waals surface area contributed by atoms with Gasteiger partial charge in [-0.15, -0.1) is 0 Å². The number of aliphatic hydroxyl groups excluding tert-OH is 3. The van der Waals surface area contributed by atoms with Gasteiger partial charge in [-0.3, -0.25) is 4.57 Å². The van der Waals surface area contributed by atoms with E-state index < -0.39 is 31.1 Å². The average Bonchev–Trinajstić information content (AvgIpc) is 3.23. The Morgan fingerprint density at radius 3 is 2.70 bits per heavy atom. The number of benzene rings is 1. The molecule has 1 saturated heterocycles. The number of nitrogens with one attached hydrogen (secondary N) is 1. The lowest BCUT2D eigenvalue weighted by Gasteiger charge is -2.16. The Morgan fingerprint density at radius 2 is 1.96 bits per heavy atom. The second-order valence-corrected chi connectivity index (χ2v) is 6.33. The third-order valence-corrected chi connectivity index (χ3v) is 4.65. The lowest BCUT2D eigenvalue weighted by atomic mass is 10.1. The van der Waals surface area contributed by atoms with Gasteiger partial charge < -0.3 is 31.1 Å². The minimum absolute atomic E-state index is 0.401. The molecule has 0 radical (unpaired) electrons. The number of fused-ring (bicyclic) bond motifs is 1. The fourth-order valence-electron chi connectivity index (χ4n) is 3.15. The van der Waals surface area contributed by atoms with E-state index in [9.17, 15) is 15.3 Å².